The summed E-state index contributed by atoms with van der Waals surface area (Å²) in [5, 5.41) is 8.93. The SMILES string of the molecule is Nc1cccc(OCCCN2CCC(CCO)C2)c1. The maximum atomic E-state index is 8.93. The molecule has 1 atom stereocenters. The lowest BCUT2D eigenvalue weighted by atomic mass is 10.1. The van der Waals surface area contributed by atoms with Gasteiger partial charge in [-0.05, 0) is 43.9 Å². The van der Waals surface area contributed by atoms with E-state index in [2.05, 4.69) is 4.90 Å². The fourth-order valence-corrected chi connectivity index (χ4v) is 2.62. The monoisotopic (exact) mass is 264 g/mol. The number of benzene rings is 1. The van der Waals surface area contributed by atoms with Crippen LogP contribution in [-0.4, -0.2) is 42.9 Å². The summed E-state index contributed by atoms with van der Waals surface area (Å²) in [6.45, 7) is 4.40. The number of hydrogen-bond donors (Lipinski definition) is 2. The molecule has 4 nitrogen and oxygen atoms in total. The van der Waals surface area contributed by atoms with Gasteiger partial charge in [-0.1, -0.05) is 6.07 Å². The van der Waals surface area contributed by atoms with E-state index in [9.17, 15) is 0 Å². The van der Waals surface area contributed by atoms with Crippen LogP contribution < -0.4 is 10.5 Å². The average molecular weight is 264 g/mol. The number of nitrogens with zero attached hydrogens (tertiary/aromatic N) is 1. The van der Waals surface area contributed by atoms with Crippen LogP contribution in [0.1, 0.15) is 19.3 Å². The van der Waals surface area contributed by atoms with Gasteiger partial charge in [-0.3, -0.25) is 0 Å². The number of likely N-dealkylation sites (tertiary alicyclic amines) is 1. The first kappa shape index (κ1) is 14.2. The van der Waals surface area contributed by atoms with E-state index in [1.54, 1.807) is 0 Å². The van der Waals surface area contributed by atoms with Crippen molar-refractivity contribution in [1.29, 1.82) is 0 Å². The third-order valence-electron chi connectivity index (χ3n) is 3.65. The minimum atomic E-state index is 0.317. The highest BCUT2D eigenvalue weighted by molar-refractivity contribution is 5.43. The molecule has 0 saturated carbocycles. The summed E-state index contributed by atoms with van der Waals surface area (Å²) in [6, 6.07) is 7.56. The van der Waals surface area contributed by atoms with Gasteiger partial charge in [-0.2, -0.15) is 0 Å². The topological polar surface area (TPSA) is 58.7 Å². The molecule has 0 spiro atoms. The Kier molecular flexibility index (Phi) is 5.48. The molecule has 106 valence electrons. The number of nitrogens with two attached hydrogens (primary N) is 1. The van der Waals surface area contributed by atoms with E-state index in [0.29, 0.717) is 12.5 Å². The summed E-state index contributed by atoms with van der Waals surface area (Å²) >= 11 is 0. The van der Waals surface area contributed by atoms with Gasteiger partial charge in [0.25, 0.3) is 0 Å². The van der Waals surface area contributed by atoms with E-state index in [1.807, 2.05) is 24.3 Å². The fraction of sp³-hybridized carbons (Fsp3) is 0.600. The molecule has 0 amide bonds. The summed E-state index contributed by atoms with van der Waals surface area (Å²) in [4.78, 5) is 2.46. The van der Waals surface area contributed by atoms with Crippen LogP contribution in [0.3, 0.4) is 0 Å². The summed E-state index contributed by atoms with van der Waals surface area (Å²) in [5.74, 6) is 1.53. The average Bonchev–Trinajstić information content (AvgIpc) is 2.83. The van der Waals surface area contributed by atoms with Gasteiger partial charge >= 0.3 is 0 Å². The third-order valence-corrected chi connectivity index (χ3v) is 3.65. The van der Waals surface area contributed by atoms with E-state index in [0.717, 1.165) is 50.5 Å². The van der Waals surface area contributed by atoms with Gasteiger partial charge in [-0.25, -0.2) is 0 Å². The Morgan fingerprint density at radius 2 is 2.32 bits per heavy atom. The first-order chi connectivity index (χ1) is 9.28. The normalized spacial score (nSPS) is 19.7. The molecule has 1 heterocycles. The second kappa shape index (κ2) is 7.36. The molecular weight excluding hydrogens is 240 g/mol. The molecule has 1 aromatic carbocycles. The van der Waals surface area contributed by atoms with Crippen LogP contribution in [-0.2, 0) is 0 Å². The molecule has 0 aromatic heterocycles. The van der Waals surface area contributed by atoms with E-state index < -0.39 is 0 Å². The number of ether oxygens (including phenoxy) is 1. The number of aliphatic hydroxyl groups is 1. The molecule has 3 N–H and O–H groups in total. The predicted molar refractivity (Wildman–Crippen MR) is 77.2 cm³/mol. The Morgan fingerprint density at radius 3 is 3.11 bits per heavy atom. The summed E-state index contributed by atoms with van der Waals surface area (Å²) < 4.78 is 5.67. The Bertz CT molecular complexity index is 384. The van der Waals surface area contributed by atoms with Gasteiger partial charge in [0, 0.05) is 31.5 Å². The van der Waals surface area contributed by atoms with Crippen LogP contribution in [0.15, 0.2) is 24.3 Å². The van der Waals surface area contributed by atoms with Crippen LogP contribution in [0, 0.1) is 5.92 Å². The fourth-order valence-electron chi connectivity index (χ4n) is 2.62. The molecule has 1 aliphatic heterocycles. The molecule has 1 fully saturated rings. The smallest absolute Gasteiger partial charge is 0.121 e. The van der Waals surface area contributed by atoms with Crippen molar-refractivity contribution in [2.45, 2.75) is 19.3 Å². The quantitative estimate of drug-likeness (QED) is 0.582. The Morgan fingerprint density at radius 1 is 1.42 bits per heavy atom. The number of hydrogen-bond acceptors (Lipinski definition) is 4. The van der Waals surface area contributed by atoms with Crippen molar-refractivity contribution in [2.75, 3.05) is 38.6 Å². The highest BCUT2D eigenvalue weighted by Crippen LogP contribution is 2.19. The zero-order valence-electron chi connectivity index (χ0n) is 11.4. The van der Waals surface area contributed by atoms with Crippen molar-refractivity contribution in [3.05, 3.63) is 24.3 Å². The minimum absolute atomic E-state index is 0.317. The number of aliphatic hydroxyl groups excluding tert-OH is 1. The van der Waals surface area contributed by atoms with Gasteiger partial charge in [0.1, 0.15) is 5.75 Å². The second-order valence-electron chi connectivity index (χ2n) is 5.24. The molecule has 2 rings (SSSR count). The standard InChI is InChI=1S/C15H24N2O2/c16-14-3-1-4-15(11-14)19-10-2-7-17-8-5-13(12-17)6-9-18/h1,3-4,11,13,18H,2,5-10,12,16H2. The van der Waals surface area contributed by atoms with E-state index in [1.165, 1.54) is 6.42 Å². The molecular formula is C15H24N2O2. The molecule has 1 unspecified atom stereocenters. The molecule has 0 radical (unpaired) electrons. The molecule has 1 aliphatic rings. The van der Waals surface area contributed by atoms with Crippen LogP contribution >= 0.6 is 0 Å². The van der Waals surface area contributed by atoms with Gasteiger partial charge < -0.3 is 20.5 Å². The summed E-state index contributed by atoms with van der Waals surface area (Å²) in [5.41, 5.74) is 6.44. The van der Waals surface area contributed by atoms with Crippen LogP contribution in [0.5, 0.6) is 5.75 Å². The van der Waals surface area contributed by atoms with Gasteiger partial charge in [0.15, 0.2) is 0 Å². The van der Waals surface area contributed by atoms with Crippen LogP contribution in [0.2, 0.25) is 0 Å². The lowest BCUT2D eigenvalue weighted by Crippen LogP contribution is -2.23. The minimum Gasteiger partial charge on any atom is -0.493 e. The first-order valence-corrected chi connectivity index (χ1v) is 7.09. The lowest BCUT2D eigenvalue weighted by Gasteiger charge is -2.16. The Labute approximate surface area is 115 Å². The molecule has 1 aromatic rings. The molecule has 19 heavy (non-hydrogen) atoms. The van der Waals surface area contributed by atoms with Crippen molar-refractivity contribution in [3.63, 3.8) is 0 Å². The third kappa shape index (κ3) is 4.73. The van der Waals surface area contributed by atoms with Crippen molar-refractivity contribution in [1.82, 2.24) is 4.90 Å². The molecule has 0 aliphatic carbocycles. The van der Waals surface area contributed by atoms with Gasteiger partial charge in [-0.15, -0.1) is 0 Å². The van der Waals surface area contributed by atoms with Crippen molar-refractivity contribution >= 4 is 5.69 Å². The summed E-state index contributed by atoms with van der Waals surface area (Å²) in [7, 11) is 0. The maximum Gasteiger partial charge on any atom is 0.121 e. The predicted octanol–water partition coefficient (Wildman–Crippen LogP) is 1.74. The van der Waals surface area contributed by atoms with E-state index in [4.69, 9.17) is 15.6 Å². The first-order valence-electron chi connectivity index (χ1n) is 7.09. The highest BCUT2D eigenvalue weighted by Gasteiger charge is 2.21. The van der Waals surface area contributed by atoms with Crippen molar-refractivity contribution in [2.24, 2.45) is 5.92 Å². The number of anilines is 1. The van der Waals surface area contributed by atoms with Crippen LogP contribution in [0.4, 0.5) is 5.69 Å². The zero-order chi connectivity index (χ0) is 13.5. The summed E-state index contributed by atoms with van der Waals surface area (Å²) in [6.07, 6.45) is 3.19. The van der Waals surface area contributed by atoms with Gasteiger partial charge in [0.2, 0.25) is 0 Å². The van der Waals surface area contributed by atoms with E-state index >= 15 is 0 Å². The van der Waals surface area contributed by atoms with E-state index in [-0.39, 0.29) is 0 Å². The van der Waals surface area contributed by atoms with Crippen molar-refractivity contribution in [3.8, 4) is 5.75 Å². The van der Waals surface area contributed by atoms with Gasteiger partial charge in [0.05, 0.1) is 6.61 Å². The second-order valence-corrected chi connectivity index (χ2v) is 5.24. The molecule has 0 bridgehead atoms. The molecule has 4 heteroatoms. The Balaban J connectivity index is 1.60. The number of nitrogen functional groups attached to an aromatic ring is 1. The Hall–Kier alpha value is -1.26. The highest BCUT2D eigenvalue weighted by atomic mass is 16.5. The number of rotatable bonds is 7. The lowest BCUT2D eigenvalue weighted by molar-refractivity contribution is 0.239. The maximum absolute atomic E-state index is 8.93. The van der Waals surface area contributed by atoms with Crippen LogP contribution in [0.25, 0.3) is 0 Å². The zero-order valence-corrected chi connectivity index (χ0v) is 11.4. The largest absolute Gasteiger partial charge is 0.493 e. The van der Waals surface area contributed by atoms with Crippen molar-refractivity contribution < 1.29 is 9.84 Å². The molecule has 1 saturated heterocycles.